The molecule has 2 atom stereocenters. The number of carbonyl (C=O) groups excluding carboxylic acids is 1. The minimum Gasteiger partial charge on any atom is -0.342 e. The molecule has 5 saturated carbocycles. The Balaban J connectivity index is 1.55. The molecule has 0 unspecified atom stereocenters. The average Bonchev–Trinajstić information content (AvgIpc) is 2.44. The second-order valence-corrected chi connectivity index (χ2v) is 9.40. The van der Waals surface area contributed by atoms with Crippen LogP contribution in [0.15, 0.2) is 0 Å². The zero-order valence-corrected chi connectivity index (χ0v) is 14.0. The molecule has 5 aliphatic carbocycles. The SMILES string of the molecule is CN(C(=O)C12C[C@H]3C[C@@H](CC(Cl)(C3)C1)C2)C1CCCCC1. The molecule has 21 heavy (non-hydrogen) atoms. The van der Waals surface area contributed by atoms with Crippen LogP contribution in [0.5, 0.6) is 0 Å². The van der Waals surface area contributed by atoms with Gasteiger partial charge in [-0.05, 0) is 63.2 Å². The van der Waals surface area contributed by atoms with E-state index in [1.165, 1.54) is 38.5 Å². The number of rotatable bonds is 2. The molecule has 5 aliphatic rings. The number of carbonyl (C=O) groups is 1. The molecule has 2 nitrogen and oxygen atoms in total. The molecule has 0 aromatic rings. The van der Waals surface area contributed by atoms with Gasteiger partial charge < -0.3 is 4.90 Å². The van der Waals surface area contributed by atoms with Crippen LogP contribution in [0.4, 0.5) is 0 Å². The van der Waals surface area contributed by atoms with Crippen molar-refractivity contribution in [2.24, 2.45) is 17.3 Å². The zero-order chi connectivity index (χ0) is 14.7. The Morgan fingerprint density at radius 1 is 1.05 bits per heavy atom. The fourth-order valence-electron chi connectivity index (χ4n) is 6.41. The molecule has 0 aromatic carbocycles. The van der Waals surface area contributed by atoms with Crippen LogP contribution in [0.2, 0.25) is 0 Å². The van der Waals surface area contributed by atoms with Crippen molar-refractivity contribution in [2.45, 2.75) is 81.5 Å². The van der Waals surface area contributed by atoms with Crippen molar-refractivity contribution in [3.63, 3.8) is 0 Å². The van der Waals surface area contributed by atoms with Gasteiger partial charge in [0.2, 0.25) is 5.91 Å². The summed E-state index contributed by atoms with van der Waals surface area (Å²) in [6.07, 6.45) is 13.2. The van der Waals surface area contributed by atoms with Crippen molar-refractivity contribution in [1.82, 2.24) is 4.90 Å². The predicted octanol–water partition coefficient (Wildman–Crippen LogP) is 4.36. The number of halogens is 1. The molecule has 0 N–H and O–H groups in total. The first-order valence-corrected chi connectivity index (χ1v) is 9.34. The largest absolute Gasteiger partial charge is 0.342 e. The number of amides is 1. The van der Waals surface area contributed by atoms with Crippen LogP contribution in [0.25, 0.3) is 0 Å². The maximum Gasteiger partial charge on any atom is 0.228 e. The van der Waals surface area contributed by atoms with Crippen LogP contribution in [-0.4, -0.2) is 28.8 Å². The Morgan fingerprint density at radius 2 is 1.67 bits per heavy atom. The molecule has 0 heterocycles. The van der Waals surface area contributed by atoms with Crippen LogP contribution in [-0.2, 0) is 4.79 Å². The normalized spacial score (nSPS) is 45.8. The molecule has 3 heteroatoms. The van der Waals surface area contributed by atoms with Crippen LogP contribution in [0, 0.1) is 17.3 Å². The lowest BCUT2D eigenvalue weighted by atomic mass is 9.49. The Bertz CT molecular complexity index is 428. The van der Waals surface area contributed by atoms with E-state index in [1.54, 1.807) is 0 Å². The lowest BCUT2D eigenvalue weighted by Crippen LogP contribution is -2.59. The Morgan fingerprint density at radius 3 is 2.24 bits per heavy atom. The molecular weight excluding hydrogens is 282 g/mol. The maximum absolute atomic E-state index is 13.3. The smallest absolute Gasteiger partial charge is 0.228 e. The van der Waals surface area contributed by atoms with Gasteiger partial charge in [0.05, 0.1) is 5.41 Å². The first kappa shape index (κ1) is 14.4. The van der Waals surface area contributed by atoms with E-state index in [1.807, 2.05) is 0 Å². The highest BCUT2D eigenvalue weighted by Gasteiger charge is 2.60. The van der Waals surface area contributed by atoms with Gasteiger partial charge in [-0.2, -0.15) is 0 Å². The van der Waals surface area contributed by atoms with E-state index in [0.29, 0.717) is 23.8 Å². The van der Waals surface area contributed by atoms with Crippen LogP contribution in [0.3, 0.4) is 0 Å². The molecule has 5 fully saturated rings. The van der Waals surface area contributed by atoms with Crippen LogP contribution < -0.4 is 0 Å². The fourth-order valence-corrected chi connectivity index (χ4v) is 7.10. The van der Waals surface area contributed by atoms with Crippen molar-refractivity contribution >= 4 is 17.5 Å². The molecular formula is C18H28ClNO. The van der Waals surface area contributed by atoms with E-state index in [2.05, 4.69) is 11.9 Å². The van der Waals surface area contributed by atoms with Gasteiger partial charge in [0, 0.05) is 18.0 Å². The van der Waals surface area contributed by atoms with Gasteiger partial charge in [-0.1, -0.05) is 19.3 Å². The number of alkyl halides is 1. The van der Waals surface area contributed by atoms with Crippen LogP contribution >= 0.6 is 11.6 Å². The summed E-state index contributed by atoms with van der Waals surface area (Å²) in [7, 11) is 2.07. The standard InChI is InChI=1S/C18H28ClNO/c1-20(15-5-3-2-4-6-15)16(21)17-8-13-7-14(9-17)11-18(19,10-13)12-17/h13-15H,2-12H2,1H3/t13-,14-,17?,18?/m1/s1. The van der Waals surface area contributed by atoms with Gasteiger partial charge in [-0.15, -0.1) is 11.6 Å². The number of hydrogen-bond acceptors (Lipinski definition) is 1. The second-order valence-electron chi connectivity index (χ2n) is 8.60. The summed E-state index contributed by atoms with van der Waals surface area (Å²) in [5.74, 6) is 1.87. The summed E-state index contributed by atoms with van der Waals surface area (Å²) in [5.41, 5.74) is -0.0992. The lowest BCUT2D eigenvalue weighted by Gasteiger charge is -2.60. The molecule has 118 valence electrons. The van der Waals surface area contributed by atoms with Crippen molar-refractivity contribution in [2.75, 3.05) is 7.05 Å². The highest BCUT2D eigenvalue weighted by Crippen LogP contribution is 2.64. The van der Waals surface area contributed by atoms with Gasteiger partial charge in [0.25, 0.3) is 0 Å². The third kappa shape index (κ3) is 2.33. The van der Waals surface area contributed by atoms with Crippen molar-refractivity contribution in [3.8, 4) is 0 Å². The van der Waals surface area contributed by atoms with Crippen molar-refractivity contribution in [1.29, 1.82) is 0 Å². The summed E-state index contributed by atoms with van der Waals surface area (Å²) >= 11 is 6.88. The second kappa shape index (κ2) is 4.88. The van der Waals surface area contributed by atoms with Gasteiger partial charge in [-0.25, -0.2) is 0 Å². The third-order valence-electron chi connectivity index (χ3n) is 6.89. The van der Waals surface area contributed by atoms with Gasteiger partial charge in [0.1, 0.15) is 0 Å². The topological polar surface area (TPSA) is 20.3 Å². The predicted molar refractivity (Wildman–Crippen MR) is 85.3 cm³/mol. The third-order valence-corrected chi connectivity index (χ3v) is 7.33. The van der Waals surface area contributed by atoms with E-state index in [9.17, 15) is 4.79 Å². The van der Waals surface area contributed by atoms with Gasteiger partial charge in [-0.3, -0.25) is 4.79 Å². The molecule has 5 rings (SSSR count). The lowest BCUT2D eigenvalue weighted by molar-refractivity contribution is -0.157. The summed E-state index contributed by atoms with van der Waals surface area (Å²) in [6.45, 7) is 0. The minimum absolute atomic E-state index is 0.0485. The quantitative estimate of drug-likeness (QED) is 0.694. The van der Waals surface area contributed by atoms with Crippen molar-refractivity contribution in [3.05, 3.63) is 0 Å². The number of nitrogens with zero attached hydrogens (tertiary/aromatic N) is 1. The summed E-state index contributed by atoms with van der Waals surface area (Å²) < 4.78 is 0. The number of hydrogen-bond donors (Lipinski definition) is 0. The van der Waals surface area contributed by atoms with E-state index in [4.69, 9.17) is 11.6 Å². The molecule has 1 amide bonds. The van der Waals surface area contributed by atoms with Gasteiger partial charge in [0.15, 0.2) is 0 Å². The van der Waals surface area contributed by atoms with Crippen molar-refractivity contribution < 1.29 is 4.79 Å². The Labute approximate surface area is 133 Å². The molecule has 0 radical (unpaired) electrons. The molecule has 0 saturated heterocycles. The highest BCUT2D eigenvalue weighted by atomic mass is 35.5. The zero-order valence-electron chi connectivity index (χ0n) is 13.2. The first-order chi connectivity index (χ1) is 10.00. The monoisotopic (exact) mass is 309 g/mol. The molecule has 4 bridgehead atoms. The van der Waals surface area contributed by atoms with Crippen LogP contribution in [0.1, 0.15) is 70.6 Å². The minimum atomic E-state index is -0.0992. The highest BCUT2D eigenvalue weighted by molar-refractivity contribution is 6.24. The summed E-state index contributed by atoms with van der Waals surface area (Å²) in [4.78, 5) is 15.4. The summed E-state index contributed by atoms with van der Waals surface area (Å²) in [5, 5.41) is 0. The summed E-state index contributed by atoms with van der Waals surface area (Å²) in [6, 6.07) is 0.491. The average molecular weight is 310 g/mol. The van der Waals surface area contributed by atoms with E-state index < -0.39 is 0 Å². The molecule has 0 aliphatic heterocycles. The van der Waals surface area contributed by atoms with E-state index in [0.717, 1.165) is 32.1 Å². The fraction of sp³-hybridized carbons (Fsp3) is 0.944. The molecule has 0 aromatic heterocycles. The Kier molecular flexibility index (Phi) is 3.33. The molecule has 0 spiro atoms. The van der Waals surface area contributed by atoms with E-state index in [-0.39, 0.29) is 10.3 Å². The maximum atomic E-state index is 13.3. The van der Waals surface area contributed by atoms with E-state index >= 15 is 0 Å². The Hall–Kier alpha value is -0.240. The van der Waals surface area contributed by atoms with Gasteiger partial charge >= 0.3 is 0 Å². The first-order valence-electron chi connectivity index (χ1n) is 8.96.